The molecule has 0 radical (unpaired) electrons. The number of carbonyl (C=O) groups excluding carboxylic acids is 1. The highest BCUT2D eigenvalue weighted by Gasteiger charge is 2.24. The highest BCUT2D eigenvalue weighted by Crippen LogP contribution is 2.29. The number of benzene rings is 2. The molecule has 4 nitrogen and oxygen atoms in total. The molecule has 134 valence electrons. The first-order chi connectivity index (χ1) is 12.6. The van der Waals surface area contributed by atoms with Crippen molar-refractivity contribution < 1.29 is 4.79 Å². The second kappa shape index (κ2) is 7.17. The van der Waals surface area contributed by atoms with Gasteiger partial charge in [-0.15, -0.1) is 11.3 Å². The number of hydrogen-bond acceptors (Lipinski definition) is 4. The summed E-state index contributed by atoms with van der Waals surface area (Å²) < 4.78 is 1.20. The largest absolute Gasteiger partial charge is 0.337 e. The Balaban J connectivity index is 1.42. The molecule has 1 atom stereocenters. The van der Waals surface area contributed by atoms with Gasteiger partial charge >= 0.3 is 0 Å². The highest BCUT2D eigenvalue weighted by molar-refractivity contribution is 7.18. The maximum Gasteiger partial charge on any atom is 0.237 e. The van der Waals surface area contributed by atoms with E-state index in [0.29, 0.717) is 6.54 Å². The van der Waals surface area contributed by atoms with Gasteiger partial charge in [-0.2, -0.15) is 0 Å². The quantitative estimate of drug-likeness (QED) is 0.704. The van der Waals surface area contributed by atoms with E-state index in [2.05, 4.69) is 36.1 Å². The molecule has 0 N–H and O–H groups in total. The lowest BCUT2D eigenvalue weighted by atomic mass is 10.00. The average Bonchev–Trinajstić information content (AvgIpc) is 3.11. The van der Waals surface area contributed by atoms with Crippen molar-refractivity contribution >= 4 is 27.5 Å². The fraction of sp³-hybridized carbons (Fsp3) is 0.333. The number of thiazole rings is 1. The van der Waals surface area contributed by atoms with Gasteiger partial charge in [0.25, 0.3) is 0 Å². The van der Waals surface area contributed by atoms with Gasteiger partial charge in [0.1, 0.15) is 5.01 Å². The van der Waals surface area contributed by atoms with Crippen LogP contribution in [0.5, 0.6) is 0 Å². The first-order valence-corrected chi connectivity index (χ1v) is 9.84. The van der Waals surface area contributed by atoms with Crippen LogP contribution in [0.4, 0.5) is 0 Å². The van der Waals surface area contributed by atoms with Crippen LogP contribution in [0.1, 0.15) is 29.1 Å². The smallest absolute Gasteiger partial charge is 0.237 e. The summed E-state index contributed by atoms with van der Waals surface area (Å²) in [5, 5.41) is 1.06. The molecule has 1 aliphatic rings. The molecule has 0 saturated heterocycles. The first kappa shape index (κ1) is 17.2. The van der Waals surface area contributed by atoms with Gasteiger partial charge in [-0.3, -0.25) is 9.69 Å². The Bertz CT molecular complexity index is 903. The van der Waals surface area contributed by atoms with E-state index in [1.54, 1.807) is 11.3 Å². The van der Waals surface area contributed by atoms with Crippen molar-refractivity contribution in [2.75, 3.05) is 20.1 Å². The van der Waals surface area contributed by atoms with Crippen molar-refractivity contribution in [2.45, 2.75) is 25.9 Å². The number of carbonyl (C=O) groups is 1. The van der Waals surface area contributed by atoms with Gasteiger partial charge in [-0.25, -0.2) is 4.98 Å². The molecular formula is C21H23N3OS. The third kappa shape index (κ3) is 3.37. The van der Waals surface area contributed by atoms with Crippen LogP contribution in [-0.4, -0.2) is 40.8 Å². The Labute approximate surface area is 158 Å². The maximum atomic E-state index is 12.8. The zero-order chi connectivity index (χ0) is 18.1. The zero-order valence-electron chi connectivity index (χ0n) is 15.2. The standard InChI is InChI=1S/C21H23N3OS/c1-15(21-22-18-9-5-6-10-19(18)26-21)23(2)14-20(25)24-12-11-16-7-3-4-8-17(16)13-24/h3-10,15H,11-14H2,1-2H3/t15-/m1/s1. The summed E-state index contributed by atoms with van der Waals surface area (Å²) in [5.41, 5.74) is 3.67. The van der Waals surface area contributed by atoms with Crippen molar-refractivity contribution in [2.24, 2.45) is 0 Å². The number of para-hydroxylation sites is 1. The fourth-order valence-corrected chi connectivity index (χ4v) is 4.50. The Morgan fingerprint density at radius 2 is 1.92 bits per heavy atom. The topological polar surface area (TPSA) is 36.4 Å². The average molecular weight is 366 g/mol. The van der Waals surface area contributed by atoms with Crippen molar-refractivity contribution in [1.82, 2.24) is 14.8 Å². The molecule has 0 fully saturated rings. The van der Waals surface area contributed by atoms with E-state index in [1.165, 1.54) is 15.8 Å². The molecule has 0 saturated carbocycles. The molecule has 5 heteroatoms. The Kier molecular flexibility index (Phi) is 4.74. The zero-order valence-corrected chi connectivity index (χ0v) is 16.0. The van der Waals surface area contributed by atoms with Crippen LogP contribution < -0.4 is 0 Å². The predicted octanol–water partition coefficient (Wildman–Crippen LogP) is 3.87. The number of aromatic nitrogens is 1. The van der Waals surface area contributed by atoms with Crippen molar-refractivity contribution in [1.29, 1.82) is 0 Å². The summed E-state index contributed by atoms with van der Waals surface area (Å²) in [5.74, 6) is 0.190. The molecule has 2 aromatic carbocycles. The monoisotopic (exact) mass is 365 g/mol. The van der Waals surface area contributed by atoms with Gasteiger partial charge in [-0.1, -0.05) is 36.4 Å². The molecule has 0 bridgehead atoms. The van der Waals surface area contributed by atoms with Crippen LogP contribution in [-0.2, 0) is 17.8 Å². The molecule has 26 heavy (non-hydrogen) atoms. The van der Waals surface area contributed by atoms with Gasteiger partial charge in [0, 0.05) is 13.1 Å². The lowest BCUT2D eigenvalue weighted by Crippen LogP contribution is -2.42. The minimum absolute atomic E-state index is 0.119. The molecule has 1 aliphatic heterocycles. The molecule has 1 aromatic heterocycles. The molecule has 3 aromatic rings. The molecule has 0 spiro atoms. The SMILES string of the molecule is C[C@H](c1nc2ccccc2s1)N(C)CC(=O)N1CCc2ccccc2C1. The minimum Gasteiger partial charge on any atom is -0.337 e. The number of amides is 1. The van der Waals surface area contributed by atoms with E-state index in [9.17, 15) is 4.79 Å². The van der Waals surface area contributed by atoms with Gasteiger partial charge in [0.2, 0.25) is 5.91 Å². The maximum absolute atomic E-state index is 12.8. The van der Waals surface area contributed by atoms with Crippen LogP contribution in [0.3, 0.4) is 0 Å². The number of hydrogen-bond donors (Lipinski definition) is 0. The molecular weight excluding hydrogens is 342 g/mol. The lowest BCUT2D eigenvalue weighted by molar-refractivity contribution is -0.133. The molecule has 4 rings (SSSR count). The van der Waals surface area contributed by atoms with Crippen LogP contribution >= 0.6 is 11.3 Å². The normalized spacial score (nSPS) is 15.3. The van der Waals surface area contributed by atoms with E-state index >= 15 is 0 Å². The van der Waals surface area contributed by atoms with Crippen molar-refractivity contribution in [3.05, 3.63) is 64.7 Å². The summed E-state index contributed by atoms with van der Waals surface area (Å²) in [4.78, 5) is 21.6. The van der Waals surface area contributed by atoms with Crippen LogP contribution in [0.25, 0.3) is 10.2 Å². The summed E-state index contributed by atoms with van der Waals surface area (Å²) >= 11 is 1.71. The van der Waals surface area contributed by atoms with Crippen molar-refractivity contribution in [3.63, 3.8) is 0 Å². The molecule has 0 aliphatic carbocycles. The van der Waals surface area contributed by atoms with E-state index in [1.807, 2.05) is 36.2 Å². The summed E-state index contributed by atoms with van der Waals surface area (Å²) in [6.45, 7) is 4.06. The van der Waals surface area contributed by atoms with Gasteiger partial charge in [0.05, 0.1) is 22.8 Å². The van der Waals surface area contributed by atoms with Crippen LogP contribution in [0.15, 0.2) is 48.5 Å². The minimum atomic E-state index is 0.119. The molecule has 2 heterocycles. The highest BCUT2D eigenvalue weighted by atomic mass is 32.1. The Hall–Kier alpha value is -2.24. The van der Waals surface area contributed by atoms with E-state index < -0.39 is 0 Å². The summed E-state index contributed by atoms with van der Waals surface area (Å²) in [6.07, 6.45) is 0.944. The number of fused-ring (bicyclic) bond motifs is 2. The second-order valence-electron chi connectivity index (χ2n) is 6.94. The third-order valence-electron chi connectivity index (χ3n) is 5.20. The lowest BCUT2D eigenvalue weighted by Gasteiger charge is -2.31. The predicted molar refractivity (Wildman–Crippen MR) is 106 cm³/mol. The van der Waals surface area contributed by atoms with Gasteiger partial charge < -0.3 is 4.90 Å². The Morgan fingerprint density at radius 3 is 2.73 bits per heavy atom. The Morgan fingerprint density at radius 1 is 1.19 bits per heavy atom. The summed E-state index contributed by atoms with van der Waals surface area (Å²) in [7, 11) is 2.01. The first-order valence-electron chi connectivity index (χ1n) is 9.02. The second-order valence-corrected chi connectivity index (χ2v) is 8.01. The summed E-state index contributed by atoms with van der Waals surface area (Å²) in [6, 6.07) is 16.7. The third-order valence-corrected chi connectivity index (χ3v) is 6.40. The van der Waals surface area contributed by atoms with E-state index in [4.69, 9.17) is 4.98 Å². The number of nitrogens with zero attached hydrogens (tertiary/aromatic N) is 3. The van der Waals surface area contributed by atoms with E-state index in [-0.39, 0.29) is 11.9 Å². The fourth-order valence-electron chi connectivity index (χ4n) is 3.42. The van der Waals surface area contributed by atoms with Crippen molar-refractivity contribution in [3.8, 4) is 0 Å². The van der Waals surface area contributed by atoms with Crippen LogP contribution in [0.2, 0.25) is 0 Å². The number of rotatable bonds is 4. The van der Waals surface area contributed by atoms with Gasteiger partial charge in [-0.05, 0) is 43.7 Å². The van der Waals surface area contributed by atoms with Gasteiger partial charge in [0.15, 0.2) is 0 Å². The molecule has 0 unspecified atom stereocenters. The van der Waals surface area contributed by atoms with Crippen LogP contribution in [0, 0.1) is 0 Å². The molecule has 1 amide bonds. The number of likely N-dealkylation sites (N-methyl/N-ethyl adjacent to an activating group) is 1. The van der Waals surface area contributed by atoms with E-state index in [0.717, 1.165) is 30.0 Å².